The molecule has 0 aliphatic carbocycles. The zero-order valence-corrected chi connectivity index (χ0v) is 30.1. The van der Waals surface area contributed by atoms with Crippen LogP contribution in [0.2, 0.25) is 0 Å². The van der Waals surface area contributed by atoms with Crippen LogP contribution < -0.4 is 14.8 Å². The molecule has 0 saturated carbocycles. The van der Waals surface area contributed by atoms with E-state index in [1.807, 2.05) is 58.2 Å². The van der Waals surface area contributed by atoms with Crippen molar-refractivity contribution in [3.63, 3.8) is 0 Å². The first-order chi connectivity index (χ1) is 20.7. The van der Waals surface area contributed by atoms with Gasteiger partial charge in [0.25, 0.3) is 0 Å². The summed E-state index contributed by atoms with van der Waals surface area (Å²) < 4.78 is 11.8. The first-order valence-electron chi connectivity index (χ1n) is 14.8. The molecular formula is C34H37AcN3O6. The average Bonchev–Trinajstić information content (AvgIpc) is 3.49. The summed E-state index contributed by atoms with van der Waals surface area (Å²) in [5.41, 5.74) is 6.74. The second-order valence-corrected chi connectivity index (χ2v) is 12.2. The van der Waals surface area contributed by atoms with Gasteiger partial charge in [-0.25, -0.2) is 0 Å². The molecule has 44 heavy (non-hydrogen) atoms. The van der Waals surface area contributed by atoms with E-state index in [1.165, 1.54) is 6.08 Å². The van der Waals surface area contributed by atoms with Gasteiger partial charge in [-0.05, 0) is 69.0 Å². The van der Waals surface area contributed by atoms with Crippen LogP contribution in [0, 0.1) is 64.8 Å². The summed E-state index contributed by atoms with van der Waals surface area (Å²) in [5.74, 6) is 1.20. The number of aliphatic hydroxyl groups excluding tert-OH is 1. The van der Waals surface area contributed by atoms with Gasteiger partial charge < -0.3 is 30.1 Å². The molecular weight excluding hydrogens is 773 g/mol. The second kappa shape index (κ2) is 12.0. The Labute approximate surface area is 293 Å². The van der Waals surface area contributed by atoms with Crippen LogP contribution in [0.25, 0.3) is 6.08 Å². The summed E-state index contributed by atoms with van der Waals surface area (Å²) in [6.07, 6.45) is 3.38. The fourth-order valence-electron chi connectivity index (χ4n) is 7.71. The van der Waals surface area contributed by atoms with E-state index >= 15 is 0 Å². The van der Waals surface area contributed by atoms with Crippen molar-refractivity contribution in [1.29, 1.82) is 0 Å². The molecule has 3 aromatic carbocycles. The van der Waals surface area contributed by atoms with Gasteiger partial charge >= 0.3 is 0 Å². The molecule has 5 atom stereocenters. The number of hydrogen-bond donors (Lipinski definition) is 4. The number of nitrogens with zero attached hydrogens (tertiary/aromatic N) is 2. The van der Waals surface area contributed by atoms with Crippen LogP contribution in [0.5, 0.6) is 23.0 Å². The van der Waals surface area contributed by atoms with Crippen LogP contribution in [-0.2, 0) is 17.6 Å². The molecule has 2 bridgehead atoms. The van der Waals surface area contributed by atoms with Gasteiger partial charge in [-0.2, -0.15) is 0 Å². The van der Waals surface area contributed by atoms with E-state index in [0.717, 1.165) is 38.9 Å². The van der Waals surface area contributed by atoms with Gasteiger partial charge in [0.15, 0.2) is 11.5 Å². The maximum Gasteiger partial charge on any atom is 0.244 e. The Kier molecular flexibility index (Phi) is 8.53. The van der Waals surface area contributed by atoms with Crippen molar-refractivity contribution in [2.45, 2.75) is 64.0 Å². The van der Waals surface area contributed by atoms with Crippen LogP contribution >= 0.6 is 0 Å². The predicted molar refractivity (Wildman–Crippen MR) is 161 cm³/mol. The van der Waals surface area contributed by atoms with E-state index in [0.29, 0.717) is 29.9 Å². The van der Waals surface area contributed by atoms with Gasteiger partial charge in [-0.1, -0.05) is 36.4 Å². The summed E-state index contributed by atoms with van der Waals surface area (Å²) >= 11 is 0. The monoisotopic (exact) mass is 810 g/mol. The van der Waals surface area contributed by atoms with Crippen molar-refractivity contribution in [2.24, 2.45) is 0 Å². The number of amides is 1. The zero-order chi connectivity index (χ0) is 30.2. The fourth-order valence-corrected chi connectivity index (χ4v) is 7.71. The molecule has 0 spiro atoms. The number of likely N-dealkylation sites (N-methyl/N-ethyl adjacent to an activating group) is 1. The number of nitrogens with one attached hydrogen (secondary N) is 1. The minimum Gasteiger partial charge on any atom is -0.507 e. The van der Waals surface area contributed by atoms with Crippen molar-refractivity contribution in [3.8, 4) is 23.0 Å². The molecule has 4 N–H and O–H groups in total. The number of phenols is 2. The smallest absolute Gasteiger partial charge is 0.244 e. The molecule has 1 fully saturated rings. The quantitative estimate of drug-likeness (QED) is 0.295. The molecule has 4 aliphatic heterocycles. The molecule has 1 amide bonds. The average molecular weight is 811 g/mol. The van der Waals surface area contributed by atoms with E-state index < -0.39 is 12.3 Å². The van der Waals surface area contributed by atoms with Gasteiger partial charge in [-0.15, -0.1) is 0 Å². The third kappa shape index (κ3) is 4.85. The summed E-state index contributed by atoms with van der Waals surface area (Å²) in [6.45, 7) is 5.94. The number of carbonyl (C=O) groups is 1. The van der Waals surface area contributed by atoms with Gasteiger partial charge in [0.1, 0.15) is 17.7 Å². The van der Waals surface area contributed by atoms with Crippen LogP contribution in [0.3, 0.4) is 0 Å². The minimum absolute atomic E-state index is 0. The second-order valence-electron chi connectivity index (χ2n) is 12.2. The molecule has 227 valence electrons. The zero-order valence-electron chi connectivity index (χ0n) is 25.4. The third-order valence-corrected chi connectivity index (χ3v) is 9.99. The van der Waals surface area contributed by atoms with Crippen LogP contribution in [-0.4, -0.2) is 69.7 Å². The molecule has 1 saturated heterocycles. The number of hydrogen-bond acceptors (Lipinski definition) is 8. The molecule has 4 heterocycles. The summed E-state index contributed by atoms with van der Waals surface area (Å²) in [6, 6.07) is 10.4. The van der Waals surface area contributed by atoms with E-state index in [-0.39, 0.29) is 92.9 Å². The van der Waals surface area contributed by atoms with Crippen LogP contribution in [0.15, 0.2) is 42.5 Å². The van der Waals surface area contributed by atoms with Crippen molar-refractivity contribution in [1.82, 2.24) is 15.1 Å². The van der Waals surface area contributed by atoms with Gasteiger partial charge in [0.2, 0.25) is 12.7 Å². The number of benzene rings is 3. The van der Waals surface area contributed by atoms with Crippen molar-refractivity contribution >= 4 is 12.0 Å². The first-order valence-corrected chi connectivity index (χ1v) is 14.8. The van der Waals surface area contributed by atoms with Crippen LogP contribution in [0.4, 0.5) is 0 Å². The van der Waals surface area contributed by atoms with Crippen molar-refractivity contribution in [3.05, 3.63) is 87.0 Å². The van der Waals surface area contributed by atoms with E-state index in [9.17, 15) is 20.1 Å². The topological polar surface area (TPSA) is 115 Å². The maximum atomic E-state index is 13.1. The number of rotatable bonds is 4. The Bertz CT molecular complexity index is 1660. The number of carbonyl (C=O) groups excluding carboxylic acids is 1. The Balaban J connectivity index is 0.00000343. The Morgan fingerprint density at radius 2 is 1.73 bits per heavy atom. The van der Waals surface area contributed by atoms with E-state index in [2.05, 4.69) is 21.2 Å². The summed E-state index contributed by atoms with van der Waals surface area (Å²) in [4.78, 5) is 17.3. The number of phenolic OH excluding ortho intramolecular Hbond substituents is 2. The molecule has 7 rings (SSSR count). The largest absolute Gasteiger partial charge is 0.507 e. The molecule has 9 nitrogen and oxygen atoms in total. The normalized spacial score (nSPS) is 25.2. The number of fused-ring (bicyclic) bond motifs is 9. The summed E-state index contributed by atoms with van der Waals surface area (Å²) in [7, 11) is 2.00. The minimum atomic E-state index is -0.875. The molecule has 4 aliphatic rings. The summed E-state index contributed by atoms with van der Waals surface area (Å²) in [5, 5.41) is 38.1. The molecule has 1 radical (unpaired) electrons. The molecule has 0 aromatic heterocycles. The van der Waals surface area contributed by atoms with Gasteiger partial charge in [0.05, 0.1) is 18.1 Å². The third-order valence-electron chi connectivity index (χ3n) is 9.99. The van der Waals surface area contributed by atoms with Crippen molar-refractivity contribution in [2.75, 3.05) is 20.4 Å². The molecule has 10 heteroatoms. The van der Waals surface area contributed by atoms with Crippen LogP contribution in [0.1, 0.15) is 56.6 Å². The first kappa shape index (κ1) is 31.4. The van der Waals surface area contributed by atoms with E-state index in [1.54, 1.807) is 6.08 Å². The Morgan fingerprint density at radius 1 is 1.00 bits per heavy atom. The van der Waals surface area contributed by atoms with Gasteiger partial charge in [-0.3, -0.25) is 14.6 Å². The number of aryl methyl sites for hydroxylation is 1. The number of aromatic hydroxyl groups is 2. The Hall–Kier alpha value is -2.61. The maximum absolute atomic E-state index is 13.1. The van der Waals surface area contributed by atoms with E-state index in [4.69, 9.17) is 9.47 Å². The number of piperazine rings is 1. The fraction of sp³-hybridized carbons (Fsp3) is 0.382. The van der Waals surface area contributed by atoms with Crippen molar-refractivity contribution < 1.29 is 73.7 Å². The predicted octanol–water partition coefficient (Wildman–Crippen LogP) is 3.78. The Morgan fingerprint density at radius 3 is 2.48 bits per heavy atom. The molecule has 1 unspecified atom stereocenters. The molecule has 3 aromatic rings. The number of ether oxygens (including phenoxy) is 2. The van der Waals surface area contributed by atoms with Gasteiger partial charge in [0, 0.05) is 85.0 Å². The number of aliphatic hydroxyl groups is 1. The SMILES string of the molecule is Cc1cc2c(c(O)c1C)[C@@H]1C3Cc4c(O)c(C)c5c(c4[C@H](CNC(=O)/C=C/c4ccccc4)N3[C@@H](O)[C@@H](C2)N1C)OCO5.[Ac]. The standard InChI is InChI=1S/C34H37N3O6.Ac/c1-17-12-21-13-24-34(41)37-23(29(36(24)4)27(21)31(40)18(17)2)14-22-28(33-32(42-16-43-33)19(3)30(22)39)25(37)15-35-26(38)11-10-20-8-6-5-7-9-20;/h5-12,23-25,29,34,39-41H,13-16H2,1-4H3,(H,35,38);/b11-10+;/t23?,24-,25+,29+,34+;/m1./s1.